The quantitative estimate of drug-likeness (QED) is 0.649. The molecule has 0 saturated carbocycles. The second-order valence-corrected chi connectivity index (χ2v) is 9.00. The van der Waals surface area contributed by atoms with Crippen LogP contribution in [0.4, 0.5) is 5.82 Å². The number of aryl methyl sites for hydroxylation is 1. The summed E-state index contributed by atoms with van der Waals surface area (Å²) in [6.07, 6.45) is 2.79. The smallest absolute Gasteiger partial charge is 0.138 e. The van der Waals surface area contributed by atoms with Crippen LogP contribution in [-0.2, 0) is 9.47 Å². The molecule has 0 bridgehead atoms. The average Bonchev–Trinajstić information content (AvgIpc) is 3.46. The van der Waals surface area contributed by atoms with Gasteiger partial charge in [-0.1, -0.05) is 29.8 Å². The summed E-state index contributed by atoms with van der Waals surface area (Å²) in [5.74, 6) is 1.47. The summed E-state index contributed by atoms with van der Waals surface area (Å²) in [5.41, 5.74) is 3.67. The molecular formula is C23H28N4O2S. The zero-order valence-electron chi connectivity index (χ0n) is 17.3. The van der Waals surface area contributed by atoms with E-state index >= 15 is 0 Å². The van der Waals surface area contributed by atoms with Crippen LogP contribution in [0, 0.1) is 12.8 Å². The van der Waals surface area contributed by atoms with E-state index in [1.807, 2.05) is 0 Å². The highest BCUT2D eigenvalue weighted by Crippen LogP contribution is 2.36. The van der Waals surface area contributed by atoms with Crippen LogP contribution in [0.2, 0.25) is 0 Å². The number of ether oxygens (including phenoxy) is 2. The van der Waals surface area contributed by atoms with E-state index in [0.717, 1.165) is 68.5 Å². The standard InChI is InChI=1S/C23H28N4O2S/c1-16-2-4-17(5-3-16)19-14-30-23-21(19)22(25-15-26-23)24-12-20(18-6-9-29-13-18)27-7-10-28-11-8-27/h2-5,14-15,18,20H,6-13H2,1H3,(H,24,25,26). The number of hydrogen-bond donors (Lipinski definition) is 1. The summed E-state index contributed by atoms with van der Waals surface area (Å²) in [5, 5.41) is 7.00. The molecule has 0 aliphatic carbocycles. The van der Waals surface area contributed by atoms with Crippen LogP contribution < -0.4 is 5.32 Å². The maximum atomic E-state index is 5.72. The lowest BCUT2D eigenvalue weighted by Gasteiger charge is -2.37. The minimum Gasteiger partial charge on any atom is -0.381 e. The van der Waals surface area contributed by atoms with Crippen molar-refractivity contribution < 1.29 is 9.47 Å². The van der Waals surface area contributed by atoms with Crippen LogP contribution in [0.15, 0.2) is 36.0 Å². The molecule has 6 nitrogen and oxygen atoms in total. The van der Waals surface area contributed by atoms with Crippen molar-refractivity contribution in [2.45, 2.75) is 19.4 Å². The second-order valence-electron chi connectivity index (χ2n) is 8.14. The zero-order valence-corrected chi connectivity index (χ0v) is 18.2. The van der Waals surface area contributed by atoms with Crippen molar-refractivity contribution in [2.75, 3.05) is 51.4 Å². The van der Waals surface area contributed by atoms with E-state index < -0.39 is 0 Å². The molecule has 3 aromatic rings. The molecule has 0 radical (unpaired) electrons. The van der Waals surface area contributed by atoms with Crippen molar-refractivity contribution in [1.82, 2.24) is 14.9 Å². The highest BCUT2D eigenvalue weighted by Gasteiger charge is 2.31. The number of hydrogen-bond acceptors (Lipinski definition) is 7. The van der Waals surface area contributed by atoms with Gasteiger partial charge >= 0.3 is 0 Å². The Morgan fingerprint density at radius 1 is 1.13 bits per heavy atom. The van der Waals surface area contributed by atoms with E-state index in [1.165, 1.54) is 16.7 Å². The minimum absolute atomic E-state index is 0.419. The van der Waals surface area contributed by atoms with E-state index in [1.54, 1.807) is 17.7 Å². The monoisotopic (exact) mass is 424 g/mol. The lowest BCUT2D eigenvalue weighted by Crippen LogP contribution is -2.50. The second kappa shape index (κ2) is 8.98. The molecule has 1 aromatic carbocycles. The van der Waals surface area contributed by atoms with Gasteiger partial charge in [-0.25, -0.2) is 9.97 Å². The molecule has 30 heavy (non-hydrogen) atoms. The SMILES string of the molecule is Cc1ccc(-c2csc3ncnc(NCC(C4CCOC4)N4CCOCC4)c23)cc1. The Kier molecular flexibility index (Phi) is 5.95. The van der Waals surface area contributed by atoms with Gasteiger partial charge in [0.15, 0.2) is 0 Å². The zero-order chi connectivity index (χ0) is 20.3. The maximum absolute atomic E-state index is 5.72. The first-order valence-corrected chi connectivity index (χ1v) is 11.6. The molecule has 7 heteroatoms. The van der Waals surface area contributed by atoms with Crippen LogP contribution in [-0.4, -0.2) is 67.0 Å². The number of fused-ring (bicyclic) bond motifs is 1. The van der Waals surface area contributed by atoms with Gasteiger partial charge in [0.25, 0.3) is 0 Å². The fourth-order valence-corrected chi connectivity index (χ4v) is 5.43. The minimum atomic E-state index is 0.419. The molecular weight excluding hydrogens is 396 g/mol. The average molecular weight is 425 g/mol. The summed E-state index contributed by atoms with van der Waals surface area (Å²) in [4.78, 5) is 12.7. The molecule has 2 saturated heterocycles. The van der Waals surface area contributed by atoms with Crippen molar-refractivity contribution in [3.8, 4) is 11.1 Å². The molecule has 2 aliphatic heterocycles. The Morgan fingerprint density at radius 2 is 1.97 bits per heavy atom. The van der Waals surface area contributed by atoms with Crippen LogP contribution in [0.25, 0.3) is 21.3 Å². The lowest BCUT2D eigenvalue weighted by atomic mass is 9.96. The third-order valence-corrected chi connectivity index (χ3v) is 7.12. The molecule has 2 aromatic heterocycles. The van der Waals surface area contributed by atoms with Gasteiger partial charge < -0.3 is 14.8 Å². The first kappa shape index (κ1) is 19.9. The topological polar surface area (TPSA) is 59.5 Å². The third-order valence-electron chi connectivity index (χ3n) is 6.24. The predicted octanol–water partition coefficient (Wildman–Crippen LogP) is 3.82. The normalized spacial score (nSPS) is 21.2. The first-order chi connectivity index (χ1) is 14.8. The highest BCUT2D eigenvalue weighted by atomic mass is 32.1. The number of nitrogens with zero attached hydrogens (tertiary/aromatic N) is 3. The van der Waals surface area contributed by atoms with Crippen LogP contribution in [0.1, 0.15) is 12.0 Å². The molecule has 0 spiro atoms. The number of morpholine rings is 1. The van der Waals surface area contributed by atoms with Gasteiger partial charge in [0, 0.05) is 49.1 Å². The van der Waals surface area contributed by atoms with E-state index in [0.29, 0.717) is 12.0 Å². The van der Waals surface area contributed by atoms with Crippen molar-refractivity contribution in [1.29, 1.82) is 0 Å². The fraction of sp³-hybridized carbons (Fsp3) is 0.478. The van der Waals surface area contributed by atoms with Crippen molar-refractivity contribution >= 4 is 27.4 Å². The third kappa shape index (κ3) is 4.07. The molecule has 2 unspecified atom stereocenters. The summed E-state index contributed by atoms with van der Waals surface area (Å²) in [6.45, 7) is 8.26. The Hall–Kier alpha value is -2.06. The van der Waals surface area contributed by atoms with Crippen LogP contribution >= 0.6 is 11.3 Å². The molecule has 2 aliphatic rings. The largest absolute Gasteiger partial charge is 0.381 e. The van der Waals surface area contributed by atoms with Crippen molar-refractivity contribution in [3.05, 3.63) is 41.5 Å². The Balaban J connectivity index is 1.42. The van der Waals surface area contributed by atoms with Gasteiger partial charge in [-0.3, -0.25) is 4.90 Å². The molecule has 1 N–H and O–H groups in total. The molecule has 158 valence electrons. The van der Waals surface area contributed by atoms with E-state index in [-0.39, 0.29) is 0 Å². The number of rotatable bonds is 6. The Labute approximate surface area is 181 Å². The number of benzene rings is 1. The van der Waals surface area contributed by atoms with E-state index in [9.17, 15) is 0 Å². The molecule has 4 heterocycles. The number of aromatic nitrogens is 2. The van der Waals surface area contributed by atoms with E-state index in [4.69, 9.17) is 9.47 Å². The van der Waals surface area contributed by atoms with Gasteiger partial charge in [0.1, 0.15) is 17.0 Å². The fourth-order valence-electron chi connectivity index (χ4n) is 4.52. The van der Waals surface area contributed by atoms with E-state index in [2.05, 4.69) is 56.8 Å². The lowest BCUT2D eigenvalue weighted by molar-refractivity contribution is 0.00460. The van der Waals surface area contributed by atoms with Gasteiger partial charge in [-0.15, -0.1) is 11.3 Å². The summed E-state index contributed by atoms with van der Waals surface area (Å²) >= 11 is 1.68. The number of thiophene rings is 1. The van der Waals surface area contributed by atoms with Gasteiger partial charge in [-0.2, -0.15) is 0 Å². The molecule has 0 amide bonds. The van der Waals surface area contributed by atoms with Crippen LogP contribution in [0.3, 0.4) is 0 Å². The van der Waals surface area contributed by atoms with Gasteiger partial charge in [-0.05, 0) is 18.9 Å². The van der Waals surface area contributed by atoms with Gasteiger partial charge in [0.2, 0.25) is 0 Å². The van der Waals surface area contributed by atoms with Crippen molar-refractivity contribution in [3.63, 3.8) is 0 Å². The number of anilines is 1. The van der Waals surface area contributed by atoms with Gasteiger partial charge in [0.05, 0.1) is 25.2 Å². The van der Waals surface area contributed by atoms with Crippen LogP contribution in [0.5, 0.6) is 0 Å². The summed E-state index contributed by atoms with van der Waals surface area (Å²) in [6, 6.07) is 9.09. The maximum Gasteiger partial charge on any atom is 0.138 e. The van der Waals surface area contributed by atoms with Crippen molar-refractivity contribution in [2.24, 2.45) is 5.92 Å². The predicted molar refractivity (Wildman–Crippen MR) is 121 cm³/mol. The summed E-state index contributed by atoms with van der Waals surface area (Å²) in [7, 11) is 0. The molecule has 5 rings (SSSR count). The summed E-state index contributed by atoms with van der Waals surface area (Å²) < 4.78 is 11.3. The first-order valence-electron chi connectivity index (χ1n) is 10.7. The Morgan fingerprint density at radius 3 is 2.73 bits per heavy atom. The number of nitrogens with one attached hydrogen (secondary N) is 1. The Bertz CT molecular complexity index is 979. The molecule has 2 fully saturated rings. The molecule has 2 atom stereocenters. The highest BCUT2D eigenvalue weighted by molar-refractivity contribution is 7.17.